The van der Waals surface area contributed by atoms with Crippen LogP contribution < -0.4 is 10.2 Å². The molecule has 2 aromatic heterocycles. The molecule has 0 fully saturated rings. The zero-order chi connectivity index (χ0) is 28.5. The van der Waals surface area contributed by atoms with E-state index in [2.05, 4.69) is 16.7 Å². The van der Waals surface area contributed by atoms with Crippen molar-refractivity contribution in [1.82, 2.24) is 4.57 Å². The quantitative estimate of drug-likeness (QED) is 0.120. The van der Waals surface area contributed by atoms with Crippen molar-refractivity contribution in [2.24, 2.45) is 0 Å². The third kappa shape index (κ3) is 4.71. The first-order chi connectivity index (χ1) is 20.7. The standard InChI is InChI=1S/C37H27N2O3/c40-34(28-21-19-27(20-22-28)26-11-3-1-4-12-26)24-38-25-39(33-17-9-8-16-32(33)38)36(29-13-5-2-6-14-29)31-23-30-15-7-10-18-35(30)42-37(31)41/h1-23,25,36H,24H2/q+1. The molecule has 0 bridgehead atoms. The summed E-state index contributed by atoms with van der Waals surface area (Å²) in [5.41, 5.74) is 6.26. The van der Waals surface area contributed by atoms with Gasteiger partial charge in [0.05, 0.1) is 5.56 Å². The number of fused-ring (bicyclic) bond motifs is 2. The maximum absolute atomic E-state index is 13.5. The van der Waals surface area contributed by atoms with Crippen LogP contribution in [0.2, 0.25) is 0 Å². The molecule has 1 unspecified atom stereocenters. The van der Waals surface area contributed by atoms with Crippen LogP contribution in [0, 0.1) is 0 Å². The van der Waals surface area contributed by atoms with Crippen LogP contribution in [0.25, 0.3) is 33.1 Å². The van der Waals surface area contributed by atoms with Crippen LogP contribution in [0.1, 0.15) is 27.5 Å². The molecule has 0 radical (unpaired) electrons. The third-order valence-electron chi connectivity index (χ3n) is 7.72. The van der Waals surface area contributed by atoms with E-state index in [9.17, 15) is 9.59 Å². The molecule has 1 atom stereocenters. The molecule has 0 aliphatic carbocycles. The van der Waals surface area contributed by atoms with Crippen LogP contribution in [0.4, 0.5) is 0 Å². The fourth-order valence-corrected chi connectivity index (χ4v) is 5.65. The summed E-state index contributed by atoms with van der Waals surface area (Å²) in [5, 5.41) is 0.853. The lowest BCUT2D eigenvalue weighted by atomic mass is 9.98. The zero-order valence-electron chi connectivity index (χ0n) is 22.8. The Kier molecular flexibility index (Phi) is 6.53. The second-order valence-electron chi connectivity index (χ2n) is 10.3. The van der Waals surface area contributed by atoms with E-state index in [0.29, 0.717) is 16.7 Å². The molecule has 0 saturated heterocycles. The first kappa shape index (κ1) is 25.4. The van der Waals surface area contributed by atoms with Crippen molar-refractivity contribution in [2.45, 2.75) is 12.6 Å². The van der Waals surface area contributed by atoms with Gasteiger partial charge >= 0.3 is 5.63 Å². The molecule has 7 rings (SSSR count). The van der Waals surface area contributed by atoms with Gasteiger partial charge in [0.25, 0.3) is 0 Å². The van der Waals surface area contributed by atoms with Crippen LogP contribution in [-0.2, 0) is 6.54 Å². The van der Waals surface area contributed by atoms with E-state index in [4.69, 9.17) is 4.42 Å². The molecule has 7 aromatic rings. The van der Waals surface area contributed by atoms with E-state index in [1.165, 1.54) is 0 Å². The fourth-order valence-electron chi connectivity index (χ4n) is 5.65. The number of para-hydroxylation sites is 3. The van der Waals surface area contributed by atoms with Crippen molar-refractivity contribution in [3.05, 3.63) is 173 Å². The molecule has 2 heterocycles. The predicted molar refractivity (Wildman–Crippen MR) is 165 cm³/mol. The summed E-state index contributed by atoms with van der Waals surface area (Å²) in [4.78, 5) is 26.9. The van der Waals surface area contributed by atoms with Gasteiger partial charge in [-0.1, -0.05) is 115 Å². The van der Waals surface area contributed by atoms with Gasteiger partial charge in [-0.25, -0.2) is 13.9 Å². The third-order valence-corrected chi connectivity index (χ3v) is 7.72. The minimum atomic E-state index is -0.460. The normalized spacial score (nSPS) is 12.0. The number of aromatic nitrogens is 2. The Morgan fingerprint density at radius 3 is 2.14 bits per heavy atom. The van der Waals surface area contributed by atoms with Crippen molar-refractivity contribution in [1.29, 1.82) is 0 Å². The van der Waals surface area contributed by atoms with Gasteiger partial charge in [0.1, 0.15) is 5.58 Å². The van der Waals surface area contributed by atoms with Crippen molar-refractivity contribution in [2.75, 3.05) is 0 Å². The monoisotopic (exact) mass is 547 g/mol. The summed E-state index contributed by atoms with van der Waals surface area (Å²) in [5.74, 6) is 0.00370. The van der Waals surface area contributed by atoms with Crippen LogP contribution >= 0.6 is 0 Å². The summed E-state index contributed by atoms with van der Waals surface area (Å²) in [6, 6.07) is 44.7. The minimum absolute atomic E-state index is 0.00370. The summed E-state index contributed by atoms with van der Waals surface area (Å²) in [6.45, 7) is 0.159. The number of nitrogens with zero attached hydrogens (tertiary/aromatic N) is 2. The number of ketones is 1. The van der Waals surface area contributed by atoms with Gasteiger partial charge in [-0.05, 0) is 35.4 Å². The highest BCUT2D eigenvalue weighted by molar-refractivity contribution is 5.95. The molecular formula is C37H27N2O3+. The lowest BCUT2D eigenvalue weighted by Crippen LogP contribution is -2.37. The highest BCUT2D eigenvalue weighted by atomic mass is 16.4. The summed E-state index contributed by atoms with van der Waals surface area (Å²) in [6.07, 6.45) is 1.94. The number of hydrogen-bond acceptors (Lipinski definition) is 3. The average molecular weight is 548 g/mol. The first-order valence-electron chi connectivity index (χ1n) is 13.9. The van der Waals surface area contributed by atoms with E-state index in [-0.39, 0.29) is 18.0 Å². The van der Waals surface area contributed by atoms with Crippen LogP contribution in [0.5, 0.6) is 0 Å². The molecule has 0 aliphatic rings. The van der Waals surface area contributed by atoms with Crippen LogP contribution in [-0.4, -0.2) is 10.4 Å². The van der Waals surface area contributed by atoms with Crippen molar-refractivity contribution < 1.29 is 13.8 Å². The van der Waals surface area contributed by atoms with E-state index in [1.54, 1.807) is 6.07 Å². The number of rotatable bonds is 7. The molecule has 0 saturated carbocycles. The molecule has 0 N–H and O–H groups in total. The van der Waals surface area contributed by atoms with E-state index in [1.807, 2.05) is 132 Å². The van der Waals surface area contributed by atoms with Crippen LogP contribution in [0.15, 0.2) is 155 Å². The second-order valence-corrected chi connectivity index (χ2v) is 10.3. The van der Waals surface area contributed by atoms with Gasteiger partial charge in [0, 0.05) is 16.5 Å². The number of imidazole rings is 1. The van der Waals surface area contributed by atoms with Gasteiger partial charge in [0.2, 0.25) is 12.1 Å². The Balaban J connectivity index is 1.31. The number of benzene rings is 5. The highest BCUT2D eigenvalue weighted by Crippen LogP contribution is 2.30. The molecule has 42 heavy (non-hydrogen) atoms. The highest BCUT2D eigenvalue weighted by Gasteiger charge is 2.30. The Bertz CT molecular complexity index is 2090. The lowest BCUT2D eigenvalue weighted by molar-refractivity contribution is -0.658. The predicted octanol–water partition coefficient (Wildman–Crippen LogP) is 7.22. The summed E-state index contributed by atoms with van der Waals surface area (Å²) in [7, 11) is 0. The molecule has 0 aliphatic heterocycles. The second kappa shape index (κ2) is 10.8. The smallest absolute Gasteiger partial charge is 0.344 e. The fraction of sp³-hybridized carbons (Fsp3) is 0.0541. The lowest BCUT2D eigenvalue weighted by Gasteiger charge is -2.15. The van der Waals surface area contributed by atoms with Gasteiger partial charge in [-0.15, -0.1) is 0 Å². The molecule has 5 aromatic carbocycles. The molecule has 5 nitrogen and oxygen atoms in total. The molecule has 202 valence electrons. The van der Waals surface area contributed by atoms with E-state index < -0.39 is 6.04 Å². The Morgan fingerprint density at radius 2 is 1.36 bits per heavy atom. The largest absolute Gasteiger partial charge is 0.422 e. The Hall–Kier alpha value is -5.55. The number of Topliss-reactive ketones (excluding diaryl/α,β-unsaturated/α-hetero) is 1. The van der Waals surface area contributed by atoms with Crippen molar-refractivity contribution >= 4 is 27.8 Å². The SMILES string of the molecule is O=C(C[n+]1cn(C(c2ccccc2)c2cc3ccccc3oc2=O)c2ccccc21)c1ccc(-c2ccccc2)cc1. The van der Waals surface area contributed by atoms with Crippen LogP contribution in [0.3, 0.4) is 0 Å². The average Bonchev–Trinajstić information content (AvgIpc) is 3.40. The Labute approximate surface area is 242 Å². The Morgan fingerprint density at radius 1 is 0.714 bits per heavy atom. The summed E-state index contributed by atoms with van der Waals surface area (Å²) < 4.78 is 9.80. The first-order valence-corrected chi connectivity index (χ1v) is 13.9. The number of carbonyl (C=O) groups excluding carboxylic acids is 1. The number of hydrogen-bond donors (Lipinski definition) is 0. The van der Waals surface area contributed by atoms with Crippen molar-refractivity contribution in [3.63, 3.8) is 0 Å². The summed E-state index contributed by atoms with van der Waals surface area (Å²) >= 11 is 0. The zero-order valence-corrected chi connectivity index (χ0v) is 22.8. The van der Waals surface area contributed by atoms with Gasteiger partial charge in [0.15, 0.2) is 23.6 Å². The van der Waals surface area contributed by atoms with Gasteiger partial charge in [-0.2, -0.15) is 0 Å². The minimum Gasteiger partial charge on any atom is -0.422 e. The van der Waals surface area contributed by atoms with Gasteiger partial charge in [-0.3, -0.25) is 4.79 Å². The van der Waals surface area contributed by atoms with E-state index >= 15 is 0 Å². The van der Waals surface area contributed by atoms with Crippen molar-refractivity contribution in [3.8, 4) is 11.1 Å². The molecule has 0 spiro atoms. The maximum Gasteiger partial charge on any atom is 0.344 e. The molecular weight excluding hydrogens is 520 g/mol. The van der Waals surface area contributed by atoms with E-state index in [0.717, 1.165) is 33.1 Å². The topological polar surface area (TPSA) is 56.1 Å². The molecule has 0 amide bonds. The maximum atomic E-state index is 13.5. The molecule has 5 heteroatoms. The van der Waals surface area contributed by atoms with Gasteiger partial charge < -0.3 is 4.42 Å². The number of carbonyl (C=O) groups is 1.